The largest absolute Gasteiger partial charge is 0.489 e. The van der Waals surface area contributed by atoms with Crippen LogP contribution in [0.4, 0.5) is 27.5 Å². The SMILES string of the molecule is Cc1cc(Nc2ccccc2F)nc(Nc2ccccc2OC(C)C)n1. The van der Waals surface area contributed by atoms with Gasteiger partial charge in [-0.05, 0) is 45.0 Å². The van der Waals surface area contributed by atoms with Gasteiger partial charge in [0.2, 0.25) is 5.95 Å². The van der Waals surface area contributed by atoms with E-state index in [1.165, 1.54) is 6.07 Å². The Kier molecular flexibility index (Phi) is 5.31. The number of hydrogen-bond acceptors (Lipinski definition) is 5. The maximum atomic E-state index is 13.9. The van der Waals surface area contributed by atoms with Gasteiger partial charge in [0.15, 0.2) is 0 Å². The van der Waals surface area contributed by atoms with E-state index in [-0.39, 0.29) is 11.9 Å². The minimum Gasteiger partial charge on any atom is -0.489 e. The van der Waals surface area contributed by atoms with Crippen LogP contribution in [0.2, 0.25) is 0 Å². The van der Waals surface area contributed by atoms with Gasteiger partial charge in [0.1, 0.15) is 17.4 Å². The molecule has 3 rings (SSSR count). The number of aromatic nitrogens is 2. The lowest BCUT2D eigenvalue weighted by Crippen LogP contribution is -2.08. The van der Waals surface area contributed by atoms with Gasteiger partial charge in [-0.3, -0.25) is 0 Å². The highest BCUT2D eigenvalue weighted by Gasteiger charge is 2.09. The smallest absolute Gasteiger partial charge is 0.229 e. The second kappa shape index (κ2) is 7.82. The highest BCUT2D eigenvalue weighted by atomic mass is 19.1. The van der Waals surface area contributed by atoms with Gasteiger partial charge >= 0.3 is 0 Å². The molecule has 5 nitrogen and oxygen atoms in total. The zero-order chi connectivity index (χ0) is 18.5. The maximum Gasteiger partial charge on any atom is 0.229 e. The van der Waals surface area contributed by atoms with E-state index in [9.17, 15) is 4.39 Å². The van der Waals surface area contributed by atoms with Crippen molar-refractivity contribution in [1.29, 1.82) is 0 Å². The first-order valence-corrected chi connectivity index (χ1v) is 8.41. The molecule has 0 saturated carbocycles. The zero-order valence-corrected chi connectivity index (χ0v) is 15.0. The van der Waals surface area contributed by atoms with Gasteiger partial charge in [-0.25, -0.2) is 9.37 Å². The monoisotopic (exact) mass is 352 g/mol. The molecule has 3 aromatic rings. The molecule has 26 heavy (non-hydrogen) atoms. The molecule has 6 heteroatoms. The molecule has 0 fully saturated rings. The number of hydrogen-bond donors (Lipinski definition) is 2. The van der Waals surface area contributed by atoms with Crippen LogP contribution in [0.5, 0.6) is 5.75 Å². The number of ether oxygens (including phenoxy) is 1. The van der Waals surface area contributed by atoms with E-state index < -0.39 is 0 Å². The normalized spacial score (nSPS) is 10.7. The van der Waals surface area contributed by atoms with E-state index >= 15 is 0 Å². The van der Waals surface area contributed by atoms with Crippen LogP contribution < -0.4 is 15.4 Å². The summed E-state index contributed by atoms with van der Waals surface area (Å²) < 4.78 is 19.7. The van der Waals surface area contributed by atoms with E-state index in [0.29, 0.717) is 17.5 Å². The fourth-order valence-electron chi connectivity index (χ4n) is 2.44. The second-order valence-electron chi connectivity index (χ2n) is 6.11. The Hall–Kier alpha value is -3.15. The third-order valence-corrected chi connectivity index (χ3v) is 3.49. The summed E-state index contributed by atoms with van der Waals surface area (Å²) in [6.45, 7) is 5.79. The number of halogens is 1. The molecule has 134 valence electrons. The van der Waals surface area contributed by atoms with Gasteiger partial charge < -0.3 is 15.4 Å². The summed E-state index contributed by atoms with van der Waals surface area (Å²) in [5.74, 6) is 1.29. The van der Waals surface area contributed by atoms with Gasteiger partial charge in [0.25, 0.3) is 0 Å². The van der Waals surface area contributed by atoms with Crippen LogP contribution in [0.1, 0.15) is 19.5 Å². The first kappa shape index (κ1) is 17.7. The van der Waals surface area contributed by atoms with Crippen molar-refractivity contribution >= 4 is 23.1 Å². The Balaban J connectivity index is 1.86. The summed E-state index contributed by atoms with van der Waals surface area (Å²) in [5, 5.41) is 6.17. The molecule has 0 aliphatic rings. The Labute approximate surface area is 152 Å². The molecule has 1 aromatic heterocycles. The summed E-state index contributed by atoms with van der Waals surface area (Å²) in [7, 11) is 0. The van der Waals surface area contributed by atoms with Crippen LogP contribution in [0.3, 0.4) is 0 Å². The highest BCUT2D eigenvalue weighted by Crippen LogP contribution is 2.28. The summed E-state index contributed by atoms with van der Waals surface area (Å²) in [6.07, 6.45) is 0.0506. The Morgan fingerprint density at radius 2 is 1.62 bits per heavy atom. The molecule has 2 aromatic carbocycles. The van der Waals surface area contributed by atoms with Crippen molar-refractivity contribution in [3.8, 4) is 5.75 Å². The summed E-state index contributed by atoms with van der Waals surface area (Å²) in [5.41, 5.74) is 1.88. The van der Waals surface area contributed by atoms with Crippen molar-refractivity contribution in [3.05, 3.63) is 66.1 Å². The average Bonchev–Trinajstić information content (AvgIpc) is 2.58. The molecule has 0 aliphatic carbocycles. The molecule has 0 amide bonds. The minimum absolute atomic E-state index is 0.0506. The summed E-state index contributed by atoms with van der Waals surface area (Å²) >= 11 is 0. The van der Waals surface area contributed by atoms with Crippen molar-refractivity contribution in [3.63, 3.8) is 0 Å². The molecule has 0 bridgehead atoms. The topological polar surface area (TPSA) is 59.1 Å². The van der Waals surface area contributed by atoms with Gasteiger partial charge in [-0.15, -0.1) is 0 Å². The molecule has 0 unspecified atom stereocenters. The molecule has 0 aliphatic heterocycles. The van der Waals surface area contributed by atoms with Crippen molar-refractivity contribution in [2.24, 2.45) is 0 Å². The van der Waals surface area contributed by atoms with Crippen molar-refractivity contribution in [2.75, 3.05) is 10.6 Å². The van der Waals surface area contributed by atoms with Gasteiger partial charge in [0.05, 0.1) is 17.5 Å². The highest BCUT2D eigenvalue weighted by molar-refractivity contribution is 5.64. The average molecular weight is 352 g/mol. The fourth-order valence-corrected chi connectivity index (χ4v) is 2.44. The predicted octanol–water partition coefficient (Wildman–Crippen LogP) is 5.20. The van der Waals surface area contributed by atoms with Crippen molar-refractivity contribution < 1.29 is 9.13 Å². The van der Waals surface area contributed by atoms with Gasteiger partial charge in [0, 0.05) is 11.8 Å². The molecular weight excluding hydrogens is 331 g/mol. The standard InChI is InChI=1S/C20H21FN4O/c1-13(2)26-18-11-7-6-10-17(18)24-20-22-14(3)12-19(25-20)23-16-9-5-4-8-15(16)21/h4-13H,1-3H3,(H2,22,23,24,25). The summed E-state index contributed by atoms with van der Waals surface area (Å²) in [4.78, 5) is 8.83. The summed E-state index contributed by atoms with van der Waals surface area (Å²) in [6, 6.07) is 15.8. The lowest BCUT2D eigenvalue weighted by molar-refractivity contribution is 0.244. The van der Waals surface area contributed by atoms with Gasteiger partial charge in [-0.1, -0.05) is 24.3 Å². The Bertz CT molecular complexity index is 898. The van der Waals surface area contributed by atoms with Crippen molar-refractivity contribution in [2.45, 2.75) is 26.9 Å². The molecule has 0 radical (unpaired) electrons. The van der Waals surface area contributed by atoms with Crippen LogP contribution in [0, 0.1) is 12.7 Å². The second-order valence-corrected chi connectivity index (χ2v) is 6.11. The molecular formula is C20H21FN4O. The minimum atomic E-state index is -0.339. The van der Waals surface area contributed by atoms with Crippen LogP contribution in [-0.4, -0.2) is 16.1 Å². The molecule has 2 N–H and O–H groups in total. The first-order valence-electron chi connectivity index (χ1n) is 8.41. The lowest BCUT2D eigenvalue weighted by atomic mass is 10.3. The van der Waals surface area contributed by atoms with Gasteiger partial charge in [-0.2, -0.15) is 4.98 Å². The fraction of sp³-hybridized carbons (Fsp3) is 0.200. The third-order valence-electron chi connectivity index (χ3n) is 3.49. The number of rotatable bonds is 6. The third kappa shape index (κ3) is 4.47. The van der Waals surface area contributed by atoms with E-state index in [1.54, 1.807) is 24.3 Å². The number of benzene rings is 2. The van der Waals surface area contributed by atoms with E-state index in [4.69, 9.17) is 4.74 Å². The van der Waals surface area contributed by atoms with E-state index in [1.807, 2.05) is 45.0 Å². The Morgan fingerprint density at radius 1 is 0.923 bits per heavy atom. The number of para-hydroxylation sites is 3. The lowest BCUT2D eigenvalue weighted by Gasteiger charge is -2.15. The maximum absolute atomic E-state index is 13.9. The van der Waals surface area contributed by atoms with E-state index in [0.717, 1.165) is 17.1 Å². The number of aryl methyl sites for hydroxylation is 1. The Morgan fingerprint density at radius 3 is 2.35 bits per heavy atom. The molecule has 0 saturated heterocycles. The van der Waals surface area contributed by atoms with E-state index in [2.05, 4.69) is 20.6 Å². The number of nitrogens with zero attached hydrogens (tertiary/aromatic N) is 2. The molecule has 0 atom stereocenters. The zero-order valence-electron chi connectivity index (χ0n) is 15.0. The predicted molar refractivity (Wildman–Crippen MR) is 102 cm³/mol. The van der Waals surface area contributed by atoms with Crippen LogP contribution >= 0.6 is 0 Å². The number of anilines is 4. The van der Waals surface area contributed by atoms with Crippen molar-refractivity contribution in [1.82, 2.24) is 9.97 Å². The number of nitrogens with one attached hydrogen (secondary N) is 2. The van der Waals surface area contributed by atoms with Crippen LogP contribution in [0.15, 0.2) is 54.6 Å². The molecule has 1 heterocycles. The quantitative estimate of drug-likeness (QED) is 0.639. The molecule has 0 spiro atoms. The first-order chi connectivity index (χ1) is 12.5. The van der Waals surface area contributed by atoms with Crippen LogP contribution in [-0.2, 0) is 0 Å². The van der Waals surface area contributed by atoms with Crippen LogP contribution in [0.25, 0.3) is 0 Å².